The van der Waals surface area contributed by atoms with Crippen LogP contribution < -0.4 is 0 Å². The van der Waals surface area contributed by atoms with Gasteiger partial charge in [0.05, 0.1) is 12.7 Å². The molecular weight excluding hydrogens is 116 g/mol. The summed E-state index contributed by atoms with van der Waals surface area (Å²) in [6.07, 6.45) is 5.52. The van der Waals surface area contributed by atoms with Gasteiger partial charge in [-0.2, -0.15) is 0 Å². The molecule has 2 heteroatoms. The molecule has 0 fully saturated rings. The summed E-state index contributed by atoms with van der Waals surface area (Å²) in [5.74, 6) is 0. The second-order valence-corrected chi connectivity index (χ2v) is 2.11. The van der Waals surface area contributed by atoms with Gasteiger partial charge in [0.15, 0.2) is 0 Å². The van der Waals surface area contributed by atoms with Crippen LogP contribution in [0.5, 0.6) is 0 Å². The molecule has 0 spiro atoms. The van der Waals surface area contributed by atoms with Gasteiger partial charge in [-0.05, 0) is 12.0 Å². The maximum Gasteiger partial charge on any atom is 0.0906 e. The van der Waals surface area contributed by atoms with E-state index in [2.05, 4.69) is 0 Å². The molecule has 0 amide bonds. The van der Waals surface area contributed by atoms with Gasteiger partial charge in [0.1, 0.15) is 0 Å². The second-order valence-electron chi connectivity index (χ2n) is 2.11. The molecule has 0 bridgehead atoms. The molecule has 0 saturated heterocycles. The highest BCUT2D eigenvalue weighted by atomic mass is 16.3. The number of hydrogen-bond donors (Lipinski definition) is 2. The van der Waals surface area contributed by atoms with Crippen molar-refractivity contribution in [2.24, 2.45) is 0 Å². The molecule has 0 unspecified atom stereocenters. The zero-order chi connectivity index (χ0) is 6.69. The Morgan fingerprint density at radius 2 is 2.44 bits per heavy atom. The highest BCUT2D eigenvalue weighted by Gasteiger charge is 2.02. The molecule has 1 aliphatic carbocycles. The third-order valence-electron chi connectivity index (χ3n) is 1.32. The monoisotopic (exact) mass is 126 g/mol. The lowest BCUT2D eigenvalue weighted by Gasteiger charge is -2.08. The number of aliphatic hydroxyl groups excluding tert-OH is 2. The number of hydrogen-bond acceptors (Lipinski definition) is 2. The van der Waals surface area contributed by atoms with E-state index < -0.39 is 6.10 Å². The van der Waals surface area contributed by atoms with Crippen molar-refractivity contribution in [3.8, 4) is 0 Å². The zero-order valence-electron chi connectivity index (χ0n) is 5.12. The molecule has 9 heavy (non-hydrogen) atoms. The molecule has 0 heterocycles. The van der Waals surface area contributed by atoms with Crippen molar-refractivity contribution in [2.45, 2.75) is 12.5 Å². The van der Waals surface area contributed by atoms with Crippen molar-refractivity contribution >= 4 is 0 Å². The molecule has 0 aliphatic heterocycles. The number of rotatable bonds is 1. The molecule has 1 atom stereocenters. The highest BCUT2D eigenvalue weighted by molar-refractivity contribution is 5.19. The van der Waals surface area contributed by atoms with Crippen LogP contribution in [-0.4, -0.2) is 22.9 Å². The maximum atomic E-state index is 8.94. The predicted molar refractivity (Wildman–Crippen MR) is 34.9 cm³/mol. The van der Waals surface area contributed by atoms with Crippen molar-refractivity contribution in [3.05, 3.63) is 23.8 Å². The Hall–Kier alpha value is -0.600. The van der Waals surface area contributed by atoms with Gasteiger partial charge >= 0.3 is 0 Å². The van der Waals surface area contributed by atoms with Crippen LogP contribution in [-0.2, 0) is 0 Å². The first-order valence-corrected chi connectivity index (χ1v) is 2.98. The summed E-state index contributed by atoms with van der Waals surface area (Å²) in [5, 5.41) is 17.5. The molecule has 0 radical (unpaired) electrons. The molecule has 1 aliphatic rings. The van der Waals surface area contributed by atoms with Crippen LogP contribution in [0.15, 0.2) is 23.8 Å². The largest absolute Gasteiger partial charge is 0.392 e. The van der Waals surface area contributed by atoms with Crippen LogP contribution in [0.1, 0.15) is 6.42 Å². The second kappa shape index (κ2) is 2.80. The van der Waals surface area contributed by atoms with Crippen molar-refractivity contribution in [2.75, 3.05) is 6.61 Å². The first kappa shape index (κ1) is 6.52. The fourth-order valence-corrected chi connectivity index (χ4v) is 0.841. The summed E-state index contributed by atoms with van der Waals surface area (Å²) in [6, 6.07) is 0. The topological polar surface area (TPSA) is 40.5 Å². The van der Waals surface area contributed by atoms with Gasteiger partial charge in [0, 0.05) is 0 Å². The predicted octanol–water partition coefficient (Wildman–Crippen LogP) is 0.226. The summed E-state index contributed by atoms with van der Waals surface area (Å²) in [7, 11) is 0. The van der Waals surface area contributed by atoms with E-state index in [-0.39, 0.29) is 6.61 Å². The van der Waals surface area contributed by atoms with Gasteiger partial charge in [-0.3, -0.25) is 0 Å². The van der Waals surface area contributed by atoms with Crippen molar-refractivity contribution in [1.29, 1.82) is 0 Å². The number of aliphatic hydroxyl groups is 2. The summed E-state index contributed by atoms with van der Waals surface area (Å²) in [6.45, 7) is 0.0569. The van der Waals surface area contributed by atoms with Crippen LogP contribution in [0.3, 0.4) is 0 Å². The first-order chi connectivity index (χ1) is 4.33. The Bertz CT molecular complexity index is 147. The van der Waals surface area contributed by atoms with Crippen LogP contribution >= 0.6 is 0 Å². The molecule has 50 valence electrons. The van der Waals surface area contributed by atoms with E-state index in [0.717, 1.165) is 12.0 Å². The van der Waals surface area contributed by atoms with E-state index in [1.807, 2.05) is 6.08 Å². The molecule has 0 aromatic heterocycles. The molecule has 0 saturated carbocycles. The third kappa shape index (κ3) is 1.66. The van der Waals surface area contributed by atoms with Crippen molar-refractivity contribution in [1.82, 2.24) is 0 Å². The van der Waals surface area contributed by atoms with Crippen LogP contribution in [0.2, 0.25) is 0 Å². The van der Waals surface area contributed by atoms with Gasteiger partial charge in [-0.25, -0.2) is 0 Å². The molecule has 0 aromatic rings. The molecule has 2 N–H and O–H groups in total. The van der Waals surface area contributed by atoms with Crippen LogP contribution in [0.4, 0.5) is 0 Å². The smallest absolute Gasteiger partial charge is 0.0906 e. The number of allylic oxidation sites excluding steroid dienone is 1. The van der Waals surface area contributed by atoms with E-state index in [1.54, 1.807) is 12.2 Å². The van der Waals surface area contributed by atoms with Gasteiger partial charge in [0.25, 0.3) is 0 Å². The maximum absolute atomic E-state index is 8.94. The standard InChI is InChI=1S/C7H10O2/c8-5-6-2-1-3-7(9)4-6/h1,3-4,7-9H,2,5H2/t7-/m0/s1. The van der Waals surface area contributed by atoms with Crippen molar-refractivity contribution < 1.29 is 10.2 Å². The van der Waals surface area contributed by atoms with E-state index in [4.69, 9.17) is 10.2 Å². The van der Waals surface area contributed by atoms with Gasteiger partial charge in [-0.15, -0.1) is 0 Å². The van der Waals surface area contributed by atoms with Crippen molar-refractivity contribution in [3.63, 3.8) is 0 Å². The normalized spacial score (nSPS) is 26.0. The first-order valence-electron chi connectivity index (χ1n) is 2.98. The Morgan fingerprint density at radius 3 is 2.89 bits per heavy atom. The average Bonchev–Trinajstić information content (AvgIpc) is 1.88. The summed E-state index contributed by atoms with van der Waals surface area (Å²) < 4.78 is 0. The summed E-state index contributed by atoms with van der Waals surface area (Å²) >= 11 is 0. The molecule has 1 rings (SSSR count). The third-order valence-corrected chi connectivity index (χ3v) is 1.32. The Balaban J connectivity index is 2.55. The summed E-state index contributed by atoms with van der Waals surface area (Å²) in [5.41, 5.74) is 0.894. The Morgan fingerprint density at radius 1 is 1.67 bits per heavy atom. The lowest BCUT2D eigenvalue weighted by Crippen LogP contribution is -2.04. The van der Waals surface area contributed by atoms with Gasteiger partial charge < -0.3 is 10.2 Å². The Kier molecular flexibility index (Phi) is 2.03. The lowest BCUT2D eigenvalue weighted by molar-refractivity contribution is 0.263. The zero-order valence-corrected chi connectivity index (χ0v) is 5.12. The van der Waals surface area contributed by atoms with Gasteiger partial charge in [-0.1, -0.05) is 18.2 Å². The molecule has 2 nitrogen and oxygen atoms in total. The fraction of sp³-hybridized carbons (Fsp3) is 0.429. The minimum absolute atomic E-state index is 0.0569. The van der Waals surface area contributed by atoms with E-state index >= 15 is 0 Å². The van der Waals surface area contributed by atoms with E-state index in [9.17, 15) is 0 Å². The minimum atomic E-state index is -0.485. The highest BCUT2D eigenvalue weighted by Crippen LogP contribution is 2.09. The minimum Gasteiger partial charge on any atom is -0.392 e. The van der Waals surface area contributed by atoms with Crippen LogP contribution in [0.25, 0.3) is 0 Å². The SMILES string of the molecule is OCC1=C[C@@H](O)C=CC1. The Labute approximate surface area is 54.1 Å². The van der Waals surface area contributed by atoms with Gasteiger partial charge in [0.2, 0.25) is 0 Å². The summed E-state index contributed by atoms with van der Waals surface area (Å²) in [4.78, 5) is 0. The lowest BCUT2D eigenvalue weighted by atomic mass is 10.1. The fourth-order valence-electron chi connectivity index (χ4n) is 0.841. The van der Waals surface area contributed by atoms with E-state index in [1.165, 1.54) is 0 Å². The quantitative estimate of drug-likeness (QED) is 0.493. The van der Waals surface area contributed by atoms with Crippen LogP contribution in [0, 0.1) is 0 Å². The molecule has 0 aromatic carbocycles. The molecular formula is C7H10O2. The van der Waals surface area contributed by atoms with E-state index in [0.29, 0.717) is 0 Å². The average molecular weight is 126 g/mol.